The van der Waals surface area contributed by atoms with Crippen LogP contribution in [0.4, 0.5) is 0 Å². The lowest BCUT2D eigenvalue weighted by Gasteiger charge is -2.13. The summed E-state index contributed by atoms with van der Waals surface area (Å²) in [6.07, 6.45) is 4.94. The smallest absolute Gasteiger partial charge is 0.246 e. The number of benzene rings is 1. The molecule has 0 amide bonds. The van der Waals surface area contributed by atoms with Crippen molar-refractivity contribution in [3.63, 3.8) is 0 Å². The van der Waals surface area contributed by atoms with Crippen molar-refractivity contribution < 1.29 is 8.42 Å². The number of hydrogen-bond acceptors (Lipinski definition) is 3. The minimum Gasteiger partial charge on any atom is -0.267 e. The Hall–Kier alpha value is -1.66. The molecule has 0 atom stereocenters. The average molecular weight is 291 g/mol. The van der Waals surface area contributed by atoms with Crippen LogP contribution in [0, 0.1) is 0 Å². The van der Waals surface area contributed by atoms with Crippen LogP contribution < -0.4 is 0 Å². The van der Waals surface area contributed by atoms with Gasteiger partial charge in [0.05, 0.1) is 12.7 Å². The second-order valence-corrected chi connectivity index (χ2v) is 6.91. The van der Waals surface area contributed by atoms with E-state index in [1.165, 1.54) is 10.5 Å². The third-order valence-electron chi connectivity index (χ3n) is 3.50. The van der Waals surface area contributed by atoms with E-state index < -0.39 is 10.0 Å². The van der Waals surface area contributed by atoms with E-state index in [0.29, 0.717) is 19.6 Å². The Morgan fingerprint density at radius 1 is 1.10 bits per heavy atom. The molecular weight excluding hydrogens is 274 g/mol. The first-order chi connectivity index (χ1) is 9.66. The summed E-state index contributed by atoms with van der Waals surface area (Å²) in [6, 6.07) is 9.87. The van der Waals surface area contributed by atoms with Crippen LogP contribution in [-0.4, -0.2) is 35.6 Å². The fraction of sp³-hybridized carbons (Fsp3) is 0.357. The topological polar surface area (TPSA) is 55.2 Å². The molecule has 2 heterocycles. The lowest BCUT2D eigenvalue weighted by Crippen LogP contribution is -2.27. The van der Waals surface area contributed by atoms with Gasteiger partial charge in [-0.3, -0.25) is 4.68 Å². The molecule has 1 fully saturated rings. The predicted molar refractivity (Wildman–Crippen MR) is 75.8 cm³/mol. The zero-order valence-electron chi connectivity index (χ0n) is 11.1. The van der Waals surface area contributed by atoms with E-state index in [0.717, 1.165) is 18.4 Å². The van der Waals surface area contributed by atoms with Crippen LogP contribution in [-0.2, 0) is 16.6 Å². The number of sulfonamides is 1. The first kappa shape index (κ1) is 13.3. The summed E-state index contributed by atoms with van der Waals surface area (Å²) in [5, 5.41) is 4.16. The van der Waals surface area contributed by atoms with Crippen molar-refractivity contribution in [2.75, 3.05) is 13.1 Å². The molecule has 1 aromatic heterocycles. The Morgan fingerprint density at radius 2 is 1.80 bits per heavy atom. The monoisotopic (exact) mass is 291 g/mol. The molecule has 0 spiro atoms. The molecule has 1 aliphatic rings. The molecule has 0 bridgehead atoms. The van der Waals surface area contributed by atoms with E-state index in [2.05, 4.69) is 5.10 Å². The standard InChI is InChI=1S/C14H17N3O2S/c18-20(19,17-8-4-5-9-17)14-10-15-16(12-14)11-13-6-2-1-3-7-13/h1-3,6-7,10,12H,4-5,8-9,11H2. The summed E-state index contributed by atoms with van der Waals surface area (Å²) in [6.45, 7) is 1.81. The van der Waals surface area contributed by atoms with Crippen LogP contribution >= 0.6 is 0 Å². The minimum absolute atomic E-state index is 0.287. The number of nitrogens with zero attached hydrogens (tertiary/aromatic N) is 3. The molecule has 0 unspecified atom stereocenters. The number of rotatable bonds is 4. The van der Waals surface area contributed by atoms with Crippen LogP contribution in [0.3, 0.4) is 0 Å². The van der Waals surface area contributed by atoms with E-state index in [1.807, 2.05) is 30.3 Å². The first-order valence-electron chi connectivity index (χ1n) is 6.73. The van der Waals surface area contributed by atoms with Crippen LogP contribution in [0.5, 0.6) is 0 Å². The van der Waals surface area contributed by atoms with Gasteiger partial charge in [-0.05, 0) is 18.4 Å². The highest BCUT2D eigenvalue weighted by atomic mass is 32.2. The largest absolute Gasteiger partial charge is 0.267 e. The van der Waals surface area contributed by atoms with Crippen molar-refractivity contribution in [2.24, 2.45) is 0 Å². The van der Waals surface area contributed by atoms with Gasteiger partial charge in [0.25, 0.3) is 0 Å². The lowest BCUT2D eigenvalue weighted by molar-refractivity contribution is 0.477. The maximum Gasteiger partial charge on any atom is 0.246 e. The fourth-order valence-corrected chi connectivity index (χ4v) is 3.88. The summed E-state index contributed by atoms with van der Waals surface area (Å²) < 4.78 is 27.9. The average Bonchev–Trinajstić information content (AvgIpc) is 3.11. The van der Waals surface area contributed by atoms with Crippen LogP contribution in [0.1, 0.15) is 18.4 Å². The Kier molecular flexibility index (Phi) is 3.58. The van der Waals surface area contributed by atoms with Crippen molar-refractivity contribution in [3.05, 3.63) is 48.3 Å². The van der Waals surface area contributed by atoms with Crippen LogP contribution in [0.2, 0.25) is 0 Å². The molecule has 0 saturated carbocycles. The van der Waals surface area contributed by atoms with Crippen LogP contribution in [0.25, 0.3) is 0 Å². The molecule has 6 heteroatoms. The lowest BCUT2D eigenvalue weighted by atomic mass is 10.2. The van der Waals surface area contributed by atoms with Gasteiger partial charge in [-0.25, -0.2) is 8.42 Å². The van der Waals surface area contributed by atoms with Crippen molar-refractivity contribution in [1.82, 2.24) is 14.1 Å². The van der Waals surface area contributed by atoms with E-state index in [4.69, 9.17) is 0 Å². The van der Waals surface area contributed by atoms with Gasteiger partial charge in [-0.1, -0.05) is 30.3 Å². The van der Waals surface area contributed by atoms with E-state index in [9.17, 15) is 8.42 Å². The van der Waals surface area contributed by atoms with Gasteiger partial charge in [-0.15, -0.1) is 0 Å². The minimum atomic E-state index is -3.36. The Bertz CT molecular complexity index is 673. The van der Waals surface area contributed by atoms with Gasteiger partial charge in [0.15, 0.2) is 0 Å². The Balaban J connectivity index is 1.80. The van der Waals surface area contributed by atoms with Crippen molar-refractivity contribution in [1.29, 1.82) is 0 Å². The van der Waals surface area contributed by atoms with Crippen molar-refractivity contribution >= 4 is 10.0 Å². The van der Waals surface area contributed by atoms with Crippen molar-refractivity contribution in [2.45, 2.75) is 24.3 Å². The molecule has 1 saturated heterocycles. The summed E-state index contributed by atoms with van der Waals surface area (Å²) in [4.78, 5) is 0.287. The molecule has 20 heavy (non-hydrogen) atoms. The summed E-state index contributed by atoms with van der Waals surface area (Å²) in [5.41, 5.74) is 1.10. The third-order valence-corrected chi connectivity index (χ3v) is 5.35. The molecule has 0 radical (unpaired) electrons. The molecule has 3 rings (SSSR count). The molecule has 5 nitrogen and oxygen atoms in total. The third kappa shape index (κ3) is 2.62. The molecule has 0 aliphatic carbocycles. The highest BCUT2D eigenvalue weighted by molar-refractivity contribution is 7.89. The predicted octanol–water partition coefficient (Wildman–Crippen LogP) is 1.72. The molecular formula is C14H17N3O2S. The molecule has 2 aromatic rings. The van der Waals surface area contributed by atoms with Gasteiger partial charge in [0.1, 0.15) is 4.90 Å². The van der Waals surface area contributed by atoms with Gasteiger partial charge in [-0.2, -0.15) is 9.40 Å². The molecule has 1 aliphatic heterocycles. The van der Waals surface area contributed by atoms with Gasteiger partial charge in [0, 0.05) is 19.3 Å². The summed E-state index contributed by atoms with van der Waals surface area (Å²) >= 11 is 0. The summed E-state index contributed by atoms with van der Waals surface area (Å²) in [7, 11) is -3.36. The Labute approximate surface area is 118 Å². The van der Waals surface area contributed by atoms with E-state index >= 15 is 0 Å². The number of hydrogen-bond donors (Lipinski definition) is 0. The molecule has 0 N–H and O–H groups in total. The molecule has 1 aromatic carbocycles. The normalized spacial score (nSPS) is 16.6. The zero-order chi connectivity index (χ0) is 14.0. The second-order valence-electron chi connectivity index (χ2n) is 4.97. The number of aromatic nitrogens is 2. The SMILES string of the molecule is O=S(=O)(c1cnn(Cc2ccccc2)c1)N1CCCC1. The van der Waals surface area contributed by atoms with Crippen LogP contribution in [0.15, 0.2) is 47.6 Å². The summed E-state index contributed by atoms with van der Waals surface area (Å²) in [5.74, 6) is 0. The zero-order valence-corrected chi connectivity index (χ0v) is 12.0. The highest BCUT2D eigenvalue weighted by Crippen LogP contribution is 2.20. The van der Waals surface area contributed by atoms with Gasteiger partial charge in [0.2, 0.25) is 10.0 Å². The maximum absolute atomic E-state index is 12.4. The quantitative estimate of drug-likeness (QED) is 0.862. The maximum atomic E-state index is 12.4. The van der Waals surface area contributed by atoms with E-state index in [-0.39, 0.29) is 4.90 Å². The second kappa shape index (κ2) is 5.38. The fourth-order valence-electron chi connectivity index (χ4n) is 2.41. The van der Waals surface area contributed by atoms with Gasteiger partial charge < -0.3 is 0 Å². The van der Waals surface area contributed by atoms with Crippen molar-refractivity contribution in [3.8, 4) is 0 Å². The van der Waals surface area contributed by atoms with Gasteiger partial charge >= 0.3 is 0 Å². The van der Waals surface area contributed by atoms with E-state index in [1.54, 1.807) is 10.9 Å². The highest BCUT2D eigenvalue weighted by Gasteiger charge is 2.28. The Morgan fingerprint density at radius 3 is 2.50 bits per heavy atom. The molecule has 106 valence electrons. The first-order valence-corrected chi connectivity index (χ1v) is 8.17.